The fourth-order valence-corrected chi connectivity index (χ4v) is 1.72. The Morgan fingerprint density at radius 1 is 1.50 bits per heavy atom. The molecule has 96 valence electrons. The van der Waals surface area contributed by atoms with Gasteiger partial charge in [-0.15, -0.1) is 0 Å². The van der Waals surface area contributed by atoms with E-state index in [-0.39, 0.29) is 5.91 Å². The van der Waals surface area contributed by atoms with Crippen LogP contribution >= 0.6 is 0 Å². The molecular formula is C12H17N5O. The summed E-state index contributed by atoms with van der Waals surface area (Å²) in [4.78, 5) is 15.7. The molecule has 2 aromatic heterocycles. The fraction of sp³-hybridized carbons (Fsp3) is 0.417. The summed E-state index contributed by atoms with van der Waals surface area (Å²) in [5.74, 6) is -0.0659. The van der Waals surface area contributed by atoms with Gasteiger partial charge in [-0.25, -0.2) is 4.98 Å². The highest BCUT2D eigenvalue weighted by Gasteiger charge is 2.09. The maximum Gasteiger partial charge on any atom is 0.254 e. The predicted molar refractivity (Wildman–Crippen MR) is 67.1 cm³/mol. The van der Waals surface area contributed by atoms with Gasteiger partial charge in [0.25, 0.3) is 5.91 Å². The van der Waals surface area contributed by atoms with E-state index in [0.717, 1.165) is 25.1 Å². The lowest BCUT2D eigenvalue weighted by molar-refractivity contribution is 0.0952. The van der Waals surface area contributed by atoms with Crippen LogP contribution < -0.4 is 5.32 Å². The highest BCUT2D eigenvalue weighted by Crippen LogP contribution is 2.02. The molecule has 0 atom stereocenters. The van der Waals surface area contributed by atoms with Crippen LogP contribution in [0, 0.1) is 6.92 Å². The lowest BCUT2D eigenvalue weighted by Gasteiger charge is -2.05. The Labute approximate surface area is 105 Å². The average molecular weight is 247 g/mol. The second kappa shape index (κ2) is 6.00. The van der Waals surface area contributed by atoms with Gasteiger partial charge in [0.15, 0.2) is 0 Å². The Kier molecular flexibility index (Phi) is 4.11. The third kappa shape index (κ3) is 3.19. The number of carbonyl (C=O) groups excluding carboxylic acids is 1. The predicted octanol–water partition coefficient (Wildman–Crippen LogP) is 1.12. The van der Waals surface area contributed by atoms with Gasteiger partial charge in [0.1, 0.15) is 0 Å². The second-order valence-corrected chi connectivity index (χ2v) is 4.17. The first-order chi connectivity index (χ1) is 8.77. The van der Waals surface area contributed by atoms with Crippen LogP contribution in [0.4, 0.5) is 0 Å². The van der Waals surface area contributed by atoms with E-state index >= 15 is 0 Å². The molecule has 1 amide bonds. The fourth-order valence-electron chi connectivity index (χ4n) is 1.72. The van der Waals surface area contributed by atoms with Crippen molar-refractivity contribution in [3.05, 3.63) is 36.2 Å². The van der Waals surface area contributed by atoms with Crippen LogP contribution in [0.3, 0.4) is 0 Å². The largest absolute Gasteiger partial charge is 0.352 e. The van der Waals surface area contributed by atoms with Gasteiger partial charge >= 0.3 is 0 Å². The normalized spacial score (nSPS) is 10.5. The van der Waals surface area contributed by atoms with E-state index in [1.807, 2.05) is 17.7 Å². The summed E-state index contributed by atoms with van der Waals surface area (Å²) in [6.07, 6.45) is 9.02. The van der Waals surface area contributed by atoms with Gasteiger partial charge in [-0.1, -0.05) is 0 Å². The van der Waals surface area contributed by atoms with E-state index in [1.165, 1.54) is 0 Å². The Morgan fingerprint density at radius 3 is 3.06 bits per heavy atom. The molecule has 0 fully saturated rings. The Bertz CT molecular complexity index is 488. The van der Waals surface area contributed by atoms with E-state index in [4.69, 9.17) is 0 Å². The molecule has 2 rings (SSSR count). The molecule has 2 heterocycles. The van der Waals surface area contributed by atoms with Crippen LogP contribution in [0.25, 0.3) is 0 Å². The van der Waals surface area contributed by atoms with E-state index in [1.54, 1.807) is 18.7 Å². The molecule has 2 aromatic rings. The van der Waals surface area contributed by atoms with Crippen molar-refractivity contribution < 1.29 is 4.79 Å². The number of hydrogen-bond acceptors (Lipinski definition) is 3. The van der Waals surface area contributed by atoms with Crippen molar-refractivity contribution in [3.8, 4) is 0 Å². The monoisotopic (exact) mass is 247 g/mol. The summed E-state index contributed by atoms with van der Waals surface area (Å²) >= 11 is 0. The smallest absolute Gasteiger partial charge is 0.254 e. The van der Waals surface area contributed by atoms with Crippen molar-refractivity contribution >= 4 is 5.91 Å². The molecule has 18 heavy (non-hydrogen) atoms. The number of hydrogen-bond donors (Lipinski definition) is 2. The molecule has 0 aliphatic carbocycles. The van der Waals surface area contributed by atoms with Crippen molar-refractivity contribution in [1.29, 1.82) is 0 Å². The van der Waals surface area contributed by atoms with Gasteiger partial charge in [-0.05, 0) is 19.8 Å². The minimum Gasteiger partial charge on any atom is -0.352 e. The van der Waals surface area contributed by atoms with Gasteiger partial charge < -0.3 is 9.88 Å². The molecule has 0 saturated carbocycles. The van der Waals surface area contributed by atoms with Gasteiger partial charge in [0.05, 0.1) is 18.1 Å². The summed E-state index contributed by atoms with van der Waals surface area (Å²) < 4.78 is 2.03. The first-order valence-electron chi connectivity index (χ1n) is 6.01. The lowest BCUT2D eigenvalue weighted by atomic mass is 10.2. The Balaban J connectivity index is 1.64. The zero-order valence-corrected chi connectivity index (χ0v) is 10.4. The van der Waals surface area contributed by atoms with E-state index < -0.39 is 0 Å². The second-order valence-electron chi connectivity index (χ2n) is 4.17. The van der Waals surface area contributed by atoms with Crippen LogP contribution in [-0.2, 0) is 6.54 Å². The molecule has 0 aliphatic rings. The third-order valence-corrected chi connectivity index (χ3v) is 2.76. The van der Waals surface area contributed by atoms with Crippen molar-refractivity contribution in [2.24, 2.45) is 0 Å². The van der Waals surface area contributed by atoms with Crippen LogP contribution in [0.5, 0.6) is 0 Å². The number of amides is 1. The molecule has 0 unspecified atom stereocenters. The number of rotatable bonds is 6. The van der Waals surface area contributed by atoms with Crippen LogP contribution in [0.1, 0.15) is 28.9 Å². The molecule has 0 radical (unpaired) electrons. The Hall–Kier alpha value is -2.11. The standard InChI is InChI=1S/C12H17N5O/c1-10-11(8-15-16-10)12(18)14-4-2-3-6-17-7-5-13-9-17/h5,7-9H,2-4,6H2,1H3,(H,14,18)(H,15,16). The minimum atomic E-state index is -0.0659. The molecular weight excluding hydrogens is 230 g/mol. The molecule has 0 aliphatic heterocycles. The number of carbonyl (C=O) groups is 1. The van der Waals surface area contributed by atoms with Crippen LogP contribution in [-0.4, -0.2) is 32.2 Å². The quantitative estimate of drug-likeness (QED) is 0.751. The molecule has 0 saturated heterocycles. The molecule has 6 heteroatoms. The molecule has 0 spiro atoms. The van der Waals surface area contributed by atoms with Crippen molar-refractivity contribution in [1.82, 2.24) is 25.1 Å². The van der Waals surface area contributed by atoms with Gasteiger partial charge in [0.2, 0.25) is 0 Å². The van der Waals surface area contributed by atoms with Crippen molar-refractivity contribution in [3.63, 3.8) is 0 Å². The summed E-state index contributed by atoms with van der Waals surface area (Å²) in [5.41, 5.74) is 1.41. The average Bonchev–Trinajstić information content (AvgIpc) is 2.99. The zero-order valence-electron chi connectivity index (χ0n) is 10.4. The third-order valence-electron chi connectivity index (χ3n) is 2.76. The highest BCUT2D eigenvalue weighted by molar-refractivity contribution is 5.94. The Morgan fingerprint density at radius 2 is 2.39 bits per heavy atom. The SMILES string of the molecule is Cc1[nH]ncc1C(=O)NCCCCn1ccnc1. The number of nitrogens with zero attached hydrogens (tertiary/aromatic N) is 3. The number of imidazole rings is 1. The summed E-state index contributed by atoms with van der Waals surface area (Å²) in [5, 5.41) is 9.46. The first-order valence-corrected chi connectivity index (χ1v) is 6.01. The van der Waals surface area contributed by atoms with Crippen LogP contribution in [0.15, 0.2) is 24.9 Å². The molecule has 0 aromatic carbocycles. The highest BCUT2D eigenvalue weighted by atomic mass is 16.1. The van der Waals surface area contributed by atoms with E-state index in [2.05, 4.69) is 20.5 Å². The minimum absolute atomic E-state index is 0.0659. The van der Waals surface area contributed by atoms with Gasteiger partial charge in [-0.2, -0.15) is 5.10 Å². The number of aromatic amines is 1. The van der Waals surface area contributed by atoms with Crippen LogP contribution in [0.2, 0.25) is 0 Å². The van der Waals surface area contributed by atoms with E-state index in [0.29, 0.717) is 12.1 Å². The maximum atomic E-state index is 11.7. The molecule has 2 N–H and O–H groups in total. The number of aromatic nitrogens is 4. The maximum absolute atomic E-state index is 11.7. The van der Waals surface area contributed by atoms with E-state index in [9.17, 15) is 4.79 Å². The number of nitrogens with one attached hydrogen (secondary N) is 2. The summed E-state index contributed by atoms with van der Waals surface area (Å²) in [6.45, 7) is 3.44. The zero-order chi connectivity index (χ0) is 12.8. The lowest BCUT2D eigenvalue weighted by Crippen LogP contribution is -2.24. The number of unbranched alkanes of at least 4 members (excludes halogenated alkanes) is 1. The van der Waals surface area contributed by atoms with Gasteiger partial charge in [-0.3, -0.25) is 9.89 Å². The number of H-pyrrole nitrogens is 1. The first kappa shape index (κ1) is 12.3. The molecule has 0 bridgehead atoms. The topological polar surface area (TPSA) is 75.6 Å². The number of aryl methyl sites for hydroxylation is 2. The summed E-state index contributed by atoms with van der Waals surface area (Å²) in [6, 6.07) is 0. The summed E-state index contributed by atoms with van der Waals surface area (Å²) in [7, 11) is 0. The van der Waals surface area contributed by atoms with Crippen molar-refractivity contribution in [2.45, 2.75) is 26.3 Å². The molecule has 6 nitrogen and oxygen atoms in total. The van der Waals surface area contributed by atoms with Gasteiger partial charge in [0, 0.05) is 31.2 Å². The van der Waals surface area contributed by atoms with Crippen molar-refractivity contribution in [2.75, 3.05) is 6.54 Å².